The van der Waals surface area contributed by atoms with E-state index < -0.39 is 0 Å². The molecule has 25 heavy (non-hydrogen) atoms. The molecule has 1 aliphatic rings. The van der Waals surface area contributed by atoms with Crippen LogP contribution in [0.4, 0.5) is 0 Å². The van der Waals surface area contributed by atoms with Gasteiger partial charge in [-0.1, -0.05) is 29.7 Å². The average Bonchev–Trinajstić information content (AvgIpc) is 3.20. The predicted molar refractivity (Wildman–Crippen MR) is 100 cm³/mol. The van der Waals surface area contributed by atoms with E-state index in [9.17, 15) is 4.79 Å². The van der Waals surface area contributed by atoms with E-state index in [1.165, 1.54) is 0 Å². The van der Waals surface area contributed by atoms with Crippen LogP contribution in [0.1, 0.15) is 21.5 Å². The fourth-order valence-electron chi connectivity index (χ4n) is 3.25. The molecule has 1 amide bonds. The van der Waals surface area contributed by atoms with Crippen LogP contribution in [0.3, 0.4) is 0 Å². The third-order valence-electron chi connectivity index (χ3n) is 4.44. The normalized spacial score (nSPS) is 12.9. The lowest BCUT2D eigenvalue weighted by Crippen LogP contribution is -2.13. The molecule has 1 aliphatic heterocycles. The van der Waals surface area contributed by atoms with Crippen LogP contribution in [-0.4, -0.2) is 17.4 Å². The highest BCUT2D eigenvalue weighted by Crippen LogP contribution is 2.34. The van der Waals surface area contributed by atoms with E-state index in [1.54, 1.807) is 0 Å². The number of nitrogens with one attached hydrogen (secondary N) is 3. The molecule has 0 fully saturated rings. The van der Waals surface area contributed by atoms with Gasteiger partial charge in [-0.25, -0.2) is 0 Å². The first kappa shape index (κ1) is 15.8. The van der Waals surface area contributed by atoms with Gasteiger partial charge in [-0.05, 0) is 29.8 Å². The number of aromatic nitrogens is 1. The number of amides is 1. The summed E-state index contributed by atoms with van der Waals surface area (Å²) in [6.45, 7) is 1.74. The lowest BCUT2D eigenvalue weighted by atomic mass is 10.0. The van der Waals surface area contributed by atoms with Crippen molar-refractivity contribution in [2.75, 3.05) is 6.54 Å². The number of aromatic amines is 1. The molecule has 0 aliphatic carbocycles. The third kappa shape index (κ3) is 2.78. The largest absolute Gasteiger partial charge is 0.355 e. The lowest BCUT2D eigenvalue weighted by molar-refractivity contribution is 0.0966. The Kier molecular flexibility index (Phi) is 3.96. The topological polar surface area (TPSA) is 56.9 Å². The van der Waals surface area contributed by atoms with Crippen LogP contribution in [0.5, 0.6) is 0 Å². The van der Waals surface area contributed by atoms with Crippen molar-refractivity contribution in [3.05, 3.63) is 58.1 Å². The Morgan fingerprint density at radius 3 is 2.96 bits per heavy atom. The first-order chi connectivity index (χ1) is 12.2. The summed E-state index contributed by atoms with van der Waals surface area (Å²) in [6.07, 6.45) is 5.26. The Hall–Kier alpha value is -2.74. The molecule has 0 saturated carbocycles. The summed E-state index contributed by atoms with van der Waals surface area (Å²) in [7, 11) is 0. The van der Waals surface area contributed by atoms with Crippen LogP contribution in [-0.2, 0) is 13.1 Å². The number of carbonyl (C=O) groups excluding carboxylic acids is 1. The molecule has 5 heteroatoms. The summed E-state index contributed by atoms with van der Waals surface area (Å²) >= 11 is 6.23. The number of benzene rings is 2. The maximum Gasteiger partial charge on any atom is 0.252 e. The van der Waals surface area contributed by atoms with Gasteiger partial charge in [0, 0.05) is 45.8 Å². The summed E-state index contributed by atoms with van der Waals surface area (Å²) in [6, 6.07) is 12.0. The van der Waals surface area contributed by atoms with Crippen LogP contribution >= 0.6 is 11.6 Å². The molecule has 4 rings (SSSR count). The van der Waals surface area contributed by atoms with Crippen molar-refractivity contribution in [1.29, 1.82) is 0 Å². The fraction of sp³-hybridized carbons (Fsp3) is 0.150. The zero-order chi connectivity index (χ0) is 17.4. The molecule has 2 aromatic carbocycles. The Bertz CT molecular complexity index is 1030. The molecule has 4 nitrogen and oxygen atoms in total. The number of terminal acetylenes is 1. The van der Waals surface area contributed by atoms with Gasteiger partial charge in [-0.15, -0.1) is 6.42 Å². The predicted octanol–water partition coefficient (Wildman–Crippen LogP) is 3.45. The second-order valence-electron chi connectivity index (χ2n) is 6.04. The van der Waals surface area contributed by atoms with Crippen molar-refractivity contribution < 1.29 is 4.79 Å². The molecular weight excluding hydrogens is 334 g/mol. The van der Waals surface area contributed by atoms with E-state index in [-0.39, 0.29) is 5.91 Å². The number of halogens is 1. The van der Waals surface area contributed by atoms with Gasteiger partial charge in [0.25, 0.3) is 5.91 Å². The van der Waals surface area contributed by atoms with Gasteiger partial charge in [0.15, 0.2) is 0 Å². The summed E-state index contributed by atoms with van der Waals surface area (Å²) in [5, 5.41) is 7.75. The number of H-pyrrole nitrogens is 1. The smallest absolute Gasteiger partial charge is 0.252 e. The highest BCUT2D eigenvalue weighted by molar-refractivity contribution is 6.32. The van der Waals surface area contributed by atoms with Crippen LogP contribution in [0.15, 0.2) is 36.4 Å². The Balaban J connectivity index is 1.75. The molecule has 2 heterocycles. The molecular formula is C20H16ClN3O. The van der Waals surface area contributed by atoms with Crippen LogP contribution in [0.2, 0.25) is 5.02 Å². The van der Waals surface area contributed by atoms with Crippen molar-refractivity contribution in [3.63, 3.8) is 0 Å². The summed E-state index contributed by atoms with van der Waals surface area (Å²) < 4.78 is 0. The van der Waals surface area contributed by atoms with E-state index in [2.05, 4.69) is 39.7 Å². The molecule has 0 unspecified atom stereocenters. The van der Waals surface area contributed by atoms with Crippen LogP contribution in [0.25, 0.3) is 22.2 Å². The SMILES string of the molecule is C#CCNCc1ccc2[nH]c(-c3ccc(Cl)c4c3C(=O)NC4)cc2c1. The lowest BCUT2D eigenvalue weighted by Gasteiger charge is -2.06. The number of hydrogen-bond donors (Lipinski definition) is 3. The van der Waals surface area contributed by atoms with E-state index in [0.29, 0.717) is 23.7 Å². The quantitative estimate of drug-likeness (QED) is 0.499. The first-order valence-electron chi connectivity index (χ1n) is 8.03. The highest BCUT2D eigenvalue weighted by atomic mass is 35.5. The van der Waals surface area contributed by atoms with E-state index in [1.807, 2.05) is 18.2 Å². The molecule has 0 bridgehead atoms. The molecule has 3 aromatic rings. The second kappa shape index (κ2) is 6.29. The van der Waals surface area contributed by atoms with Gasteiger partial charge < -0.3 is 15.6 Å². The minimum atomic E-state index is -0.0784. The minimum absolute atomic E-state index is 0.0784. The standard InChI is InChI=1S/C20H16ClN3O/c1-2-7-22-10-12-3-6-17-13(8-12)9-18(24-17)14-4-5-16(21)15-11-23-20(25)19(14)15/h1,3-6,8-9,22,24H,7,10-11H2,(H,23,25). The van der Waals surface area contributed by atoms with Gasteiger partial charge in [-0.3, -0.25) is 4.79 Å². The number of rotatable bonds is 4. The summed E-state index contributed by atoms with van der Waals surface area (Å²) in [4.78, 5) is 15.6. The highest BCUT2D eigenvalue weighted by Gasteiger charge is 2.26. The minimum Gasteiger partial charge on any atom is -0.355 e. The third-order valence-corrected chi connectivity index (χ3v) is 4.79. The summed E-state index contributed by atoms with van der Waals surface area (Å²) in [5.74, 6) is 2.49. The van der Waals surface area contributed by atoms with Crippen molar-refractivity contribution in [1.82, 2.24) is 15.6 Å². The molecule has 0 atom stereocenters. The maximum absolute atomic E-state index is 12.2. The van der Waals surface area contributed by atoms with E-state index >= 15 is 0 Å². The molecule has 124 valence electrons. The van der Waals surface area contributed by atoms with Crippen molar-refractivity contribution in [2.45, 2.75) is 13.1 Å². The number of fused-ring (bicyclic) bond motifs is 2. The van der Waals surface area contributed by atoms with Gasteiger partial charge in [0.05, 0.1) is 12.1 Å². The molecule has 0 spiro atoms. The number of hydrogen-bond acceptors (Lipinski definition) is 2. The van der Waals surface area contributed by atoms with E-state index in [0.717, 1.165) is 39.8 Å². The zero-order valence-corrected chi connectivity index (χ0v) is 14.2. The Morgan fingerprint density at radius 2 is 2.12 bits per heavy atom. The molecule has 1 aromatic heterocycles. The van der Waals surface area contributed by atoms with Crippen molar-refractivity contribution in [3.8, 4) is 23.6 Å². The van der Waals surface area contributed by atoms with E-state index in [4.69, 9.17) is 18.0 Å². The molecule has 0 saturated heterocycles. The monoisotopic (exact) mass is 349 g/mol. The molecule has 3 N–H and O–H groups in total. The average molecular weight is 350 g/mol. The summed E-state index contributed by atoms with van der Waals surface area (Å²) in [5.41, 5.74) is 5.49. The zero-order valence-electron chi connectivity index (χ0n) is 13.4. The Labute approximate surface area is 150 Å². The van der Waals surface area contributed by atoms with Gasteiger partial charge in [0.2, 0.25) is 0 Å². The van der Waals surface area contributed by atoms with Crippen LogP contribution < -0.4 is 10.6 Å². The number of carbonyl (C=O) groups is 1. The van der Waals surface area contributed by atoms with Crippen molar-refractivity contribution in [2.24, 2.45) is 0 Å². The maximum atomic E-state index is 12.2. The fourth-order valence-corrected chi connectivity index (χ4v) is 3.48. The van der Waals surface area contributed by atoms with Gasteiger partial charge in [-0.2, -0.15) is 0 Å². The van der Waals surface area contributed by atoms with Gasteiger partial charge in [0.1, 0.15) is 0 Å². The first-order valence-corrected chi connectivity index (χ1v) is 8.41. The molecule has 0 radical (unpaired) electrons. The Morgan fingerprint density at radius 1 is 1.24 bits per heavy atom. The van der Waals surface area contributed by atoms with Gasteiger partial charge >= 0.3 is 0 Å². The second-order valence-corrected chi connectivity index (χ2v) is 6.45. The van der Waals surface area contributed by atoms with Crippen LogP contribution in [0, 0.1) is 12.3 Å². The van der Waals surface area contributed by atoms with Crippen molar-refractivity contribution >= 4 is 28.4 Å².